The maximum Gasteiger partial charge on any atom is 0.338 e. The van der Waals surface area contributed by atoms with Crippen molar-refractivity contribution in [1.29, 1.82) is 0 Å². The van der Waals surface area contributed by atoms with Gasteiger partial charge in [0.2, 0.25) is 0 Å². The first kappa shape index (κ1) is 18.8. The van der Waals surface area contributed by atoms with Gasteiger partial charge in [-0.2, -0.15) is 0 Å². The van der Waals surface area contributed by atoms with E-state index >= 15 is 0 Å². The smallest absolute Gasteiger partial charge is 0.338 e. The van der Waals surface area contributed by atoms with E-state index in [0.29, 0.717) is 37.7 Å². The van der Waals surface area contributed by atoms with Crippen molar-refractivity contribution < 1.29 is 9.53 Å². The average Bonchev–Trinajstić information content (AvgIpc) is 3.15. The van der Waals surface area contributed by atoms with E-state index in [-0.39, 0.29) is 13.2 Å². The number of benzene rings is 1. The molecule has 0 saturated heterocycles. The van der Waals surface area contributed by atoms with Crippen LogP contribution in [0.2, 0.25) is 10.0 Å². The number of hydrogen-bond donors (Lipinski definition) is 2. The van der Waals surface area contributed by atoms with Gasteiger partial charge in [-0.05, 0) is 19.1 Å². The van der Waals surface area contributed by atoms with Crippen LogP contribution in [0.4, 0.5) is 0 Å². The zero-order valence-electron chi connectivity index (χ0n) is 13.8. The molecular weight excluding hydrogens is 395 g/mol. The number of hydrogen-bond acceptors (Lipinski definition) is 7. The molecule has 1 aliphatic heterocycles. The summed E-state index contributed by atoms with van der Waals surface area (Å²) >= 11 is 13.8. The monoisotopic (exact) mass is 410 g/mol. The SMILES string of the molecule is CCOC(=O)C1=C(CN)NC(c2nccs2)=NC1c1ccc(Cl)cc1Cl. The summed E-state index contributed by atoms with van der Waals surface area (Å²) in [7, 11) is 0. The van der Waals surface area contributed by atoms with Gasteiger partial charge in [0.1, 0.15) is 6.04 Å². The molecule has 2 aromatic rings. The molecule has 0 fully saturated rings. The van der Waals surface area contributed by atoms with Gasteiger partial charge in [0.05, 0.1) is 12.2 Å². The Morgan fingerprint density at radius 2 is 2.23 bits per heavy atom. The largest absolute Gasteiger partial charge is 0.463 e. The Hall–Kier alpha value is -1.93. The van der Waals surface area contributed by atoms with Crippen LogP contribution in [0, 0.1) is 0 Å². The van der Waals surface area contributed by atoms with Crippen LogP contribution < -0.4 is 11.1 Å². The first-order valence-corrected chi connectivity index (χ1v) is 9.48. The number of nitrogens with one attached hydrogen (secondary N) is 1. The molecule has 9 heteroatoms. The van der Waals surface area contributed by atoms with Gasteiger partial charge in [-0.1, -0.05) is 29.3 Å². The van der Waals surface area contributed by atoms with Crippen molar-refractivity contribution in [3.63, 3.8) is 0 Å². The van der Waals surface area contributed by atoms with Crippen molar-refractivity contribution in [3.05, 3.63) is 61.7 Å². The van der Waals surface area contributed by atoms with Crippen LogP contribution in [0.1, 0.15) is 23.5 Å². The summed E-state index contributed by atoms with van der Waals surface area (Å²) in [5.74, 6) is 0.0444. The van der Waals surface area contributed by atoms with Crippen LogP contribution in [0.25, 0.3) is 0 Å². The predicted octanol–water partition coefficient (Wildman–Crippen LogP) is 3.32. The summed E-state index contributed by atoms with van der Waals surface area (Å²) in [4.78, 5) is 21.5. The number of nitrogens with zero attached hydrogens (tertiary/aromatic N) is 2. The number of aromatic nitrogens is 1. The summed E-state index contributed by atoms with van der Waals surface area (Å²) in [5.41, 5.74) is 7.39. The average molecular weight is 411 g/mol. The molecule has 3 rings (SSSR count). The van der Waals surface area contributed by atoms with Crippen molar-refractivity contribution in [1.82, 2.24) is 10.3 Å². The minimum Gasteiger partial charge on any atom is -0.463 e. The van der Waals surface area contributed by atoms with Crippen molar-refractivity contribution in [2.24, 2.45) is 10.7 Å². The standard InChI is InChI=1S/C17H16Cl2N4O2S/c1-2-25-17(24)13-12(8-20)22-15(16-21-5-6-26-16)23-14(13)10-4-3-9(18)7-11(10)19/h3-7,14H,2,8,20H2,1H3,(H,22,23). The van der Waals surface area contributed by atoms with Crippen molar-refractivity contribution >= 4 is 46.3 Å². The van der Waals surface area contributed by atoms with E-state index in [1.165, 1.54) is 11.3 Å². The third kappa shape index (κ3) is 3.76. The second-order valence-electron chi connectivity index (χ2n) is 5.33. The number of halogens is 2. The molecule has 6 nitrogen and oxygen atoms in total. The lowest BCUT2D eigenvalue weighted by Gasteiger charge is -2.27. The van der Waals surface area contributed by atoms with E-state index < -0.39 is 12.0 Å². The van der Waals surface area contributed by atoms with Crippen LogP contribution in [-0.2, 0) is 9.53 Å². The van der Waals surface area contributed by atoms with Crippen molar-refractivity contribution in [2.75, 3.05) is 13.2 Å². The van der Waals surface area contributed by atoms with Gasteiger partial charge < -0.3 is 15.8 Å². The van der Waals surface area contributed by atoms with Crippen molar-refractivity contribution in [2.45, 2.75) is 13.0 Å². The highest BCUT2D eigenvalue weighted by molar-refractivity contribution is 7.11. The first-order valence-electron chi connectivity index (χ1n) is 7.85. The third-order valence-corrected chi connectivity index (χ3v) is 5.06. The van der Waals surface area contributed by atoms with Gasteiger partial charge in [-0.3, -0.25) is 4.99 Å². The number of esters is 1. The topological polar surface area (TPSA) is 89.6 Å². The molecule has 0 bridgehead atoms. The van der Waals surface area contributed by atoms with Crippen LogP contribution in [0.5, 0.6) is 0 Å². The Morgan fingerprint density at radius 3 is 2.85 bits per heavy atom. The second-order valence-corrected chi connectivity index (χ2v) is 7.06. The fourth-order valence-corrected chi connectivity index (χ4v) is 3.70. The fourth-order valence-electron chi connectivity index (χ4n) is 2.60. The van der Waals surface area contributed by atoms with Crippen LogP contribution in [-0.4, -0.2) is 29.9 Å². The number of carbonyl (C=O) groups is 1. The lowest BCUT2D eigenvalue weighted by atomic mass is 9.95. The molecule has 26 heavy (non-hydrogen) atoms. The van der Waals surface area contributed by atoms with E-state index in [0.717, 1.165) is 0 Å². The summed E-state index contributed by atoms with van der Waals surface area (Å²) in [5, 5.41) is 6.55. The Bertz CT molecular complexity index is 881. The van der Waals surface area contributed by atoms with Gasteiger partial charge >= 0.3 is 5.97 Å². The molecule has 0 spiro atoms. The number of amidine groups is 1. The number of ether oxygens (including phenoxy) is 1. The molecule has 1 unspecified atom stereocenters. The Kier molecular flexibility index (Phi) is 5.93. The zero-order valence-corrected chi connectivity index (χ0v) is 16.2. The highest BCUT2D eigenvalue weighted by Crippen LogP contribution is 2.37. The molecule has 1 aliphatic rings. The van der Waals surface area contributed by atoms with Gasteiger partial charge in [0.15, 0.2) is 10.8 Å². The number of carbonyl (C=O) groups excluding carboxylic acids is 1. The van der Waals surface area contributed by atoms with E-state index in [4.69, 9.17) is 33.7 Å². The minimum atomic E-state index is -0.669. The highest BCUT2D eigenvalue weighted by Gasteiger charge is 2.33. The molecule has 0 amide bonds. The summed E-state index contributed by atoms with van der Waals surface area (Å²) in [6.07, 6.45) is 1.68. The fraction of sp³-hybridized carbons (Fsp3) is 0.235. The Morgan fingerprint density at radius 1 is 1.42 bits per heavy atom. The molecule has 1 atom stereocenters. The van der Waals surface area contributed by atoms with Gasteiger partial charge in [-0.25, -0.2) is 9.78 Å². The van der Waals surface area contributed by atoms with E-state index in [1.807, 2.05) is 5.38 Å². The van der Waals surface area contributed by atoms with Gasteiger partial charge in [-0.15, -0.1) is 11.3 Å². The number of thiazole rings is 1. The van der Waals surface area contributed by atoms with E-state index in [2.05, 4.69) is 15.3 Å². The molecule has 2 heterocycles. The van der Waals surface area contributed by atoms with Crippen LogP contribution in [0.3, 0.4) is 0 Å². The van der Waals surface area contributed by atoms with Gasteiger partial charge in [0.25, 0.3) is 0 Å². The quantitative estimate of drug-likeness (QED) is 0.737. The maximum atomic E-state index is 12.6. The van der Waals surface area contributed by atoms with Crippen LogP contribution >= 0.6 is 34.5 Å². The first-order chi connectivity index (χ1) is 12.5. The Balaban J connectivity index is 2.15. The number of rotatable bonds is 5. The summed E-state index contributed by atoms with van der Waals surface area (Å²) < 4.78 is 5.21. The molecule has 136 valence electrons. The molecule has 0 radical (unpaired) electrons. The molecule has 0 saturated carbocycles. The molecule has 3 N–H and O–H groups in total. The van der Waals surface area contributed by atoms with Gasteiger partial charge in [0, 0.05) is 39.4 Å². The second kappa shape index (κ2) is 8.18. The normalized spacial score (nSPS) is 16.9. The minimum absolute atomic E-state index is 0.111. The lowest BCUT2D eigenvalue weighted by molar-refractivity contribution is -0.138. The number of nitrogens with two attached hydrogens (primary N) is 1. The Labute approximate surface area is 164 Å². The van der Waals surface area contributed by atoms with Crippen LogP contribution in [0.15, 0.2) is 46.0 Å². The van der Waals surface area contributed by atoms with E-state index in [1.54, 1.807) is 31.3 Å². The van der Waals surface area contributed by atoms with Crippen molar-refractivity contribution in [3.8, 4) is 0 Å². The molecule has 1 aromatic heterocycles. The highest BCUT2D eigenvalue weighted by atomic mass is 35.5. The van der Waals surface area contributed by atoms with E-state index in [9.17, 15) is 4.79 Å². The predicted molar refractivity (Wildman–Crippen MR) is 104 cm³/mol. The number of aliphatic imine (C=N–C) groups is 1. The summed E-state index contributed by atoms with van der Waals surface area (Å²) in [6.45, 7) is 2.09. The maximum absolute atomic E-state index is 12.6. The lowest BCUT2D eigenvalue weighted by Crippen LogP contribution is -2.36. The molecular formula is C17H16Cl2N4O2S. The molecule has 1 aromatic carbocycles. The third-order valence-electron chi connectivity index (χ3n) is 3.72. The molecule has 0 aliphatic carbocycles. The zero-order chi connectivity index (χ0) is 18.7. The summed E-state index contributed by atoms with van der Waals surface area (Å²) in [6, 6.07) is 4.40.